The lowest BCUT2D eigenvalue weighted by molar-refractivity contribution is -0.383. The van der Waals surface area contributed by atoms with E-state index in [0.29, 0.717) is 30.0 Å². The van der Waals surface area contributed by atoms with Gasteiger partial charge in [-0.25, -0.2) is 0 Å². The first-order valence-corrected chi connectivity index (χ1v) is 9.79. The minimum atomic E-state index is -0.378. The molecule has 0 amide bonds. The number of nitrogens with zero attached hydrogens (tertiary/aromatic N) is 2. The molecule has 0 heterocycles. The van der Waals surface area contributed by atoms with E-state index in [1.807, 2.05) is 41.3 Å². The van der Waals surface area contributed by atoms with Gasteiger partial charge in [-0.05, 0) is 36.0 Å². The molecule has 0 bridgehead atoms. The first kappa shape index (κ1) is 20.7. The summed E-state index contributed by atoms with van der Waals surface area (Å²) in [5.74, 6) is 1.21. The minimum Gasteiger partial charge on any atom is -0.496 e. The summed E-state index contributed by atoms with van der Waals surface area (Å²) in [5.41, 5.74) is 2.42. The Morgan fingerprint density at radius 1 is 1.06 bits per heavy atom. The lowest BCUT2D eigenvalue weighted by Gasteiger charge is -2.25. The number of aliphatic hydroxyl groups excluding tert-OH is 1. The van der Waals surface area contributed by atoms with Crippen LogP contribution in [0.5, 0.6) is 11.5 Å². The van der Waals surface area contributed by atoms with E-state index in [1.165, 1.54) is 6.07 Å². The van der Waals surface area contributed by atoms with Crippen molar-refractivity contribution < 1.29 is 20.9 Å². The molecule has 0 aliphatic rings. The Morgan fingerprint density at radius 2 is 1.77 bits per heavy atom. The number of nitro benzene ring substituents is 1. The molecule has 0 radical (unpaired) electrons. The van der Waals surface area contributed by atoms with Gasteiger partial charge in [0.05, 0.1) is 36.8 Å². The number of anilines is 1. The van der Waals surface area contributed by atoms with Gasteiger partial charge >= 0.3 is 0 Å². The molecule has 0 fully saturated rings. The van der Waals surface area contributed by atoms with Crippen molar-refractivity contribution in [3.8, 4) is 11.5 Å². The van der Waals surface area contributed by atoms with Gasteiger partial charge in [0.15, 0.2) is 0 Å². The van der Waals surface area contributed by atoms with Gasteiger partial charge in [0.25, 0.3) is 5.69 Å². The summed E-state index contributed by atoms with van der Waals surface area (Å²) >= 11 is 0. The molecule has 0 unspecified atom stereocenters. The van der Waals surface area contributed by atoms with Crippen LogP contribution in [-0.2, 0) is 0 Å². The predicted molar refractivity (Wildman–Crippen MR) is 124 cm³/mol. The molecular weight excluding hydrogens is 396 g/mol. The van der Waals surface area contributed by atoms with Gasteiger partial charge in [0, 0.05) is 32.2 Å². The van der Waals surface area contributed by atoms with Crippen molar-refractivity contribution in [2.75, 3.05) is 38.8 Å². The highest BCUT2D eigenvalue weighted by Crippen LogP contribution is 2.37. The number of rotatable bonds is 9. The molecule has 0 aromatic heterocycles. The van der Waals surface area contributed by atoms with Crippen molar-refractivity contribution in [3.05, 3.63) is 69.8 Å². The van der Waals surface area contributed by atoms with E-state index in [0.717, 1.165) is 22.2 Å². The van der Waals surface area contributed by atoms with Gasteiger partial charge in [-0.1, -0.05) is 30.4 Å². The summed E-state index contributed by atoms with van der Waals surface area (Å²) in [4.78, 5) is 12.9. The Balaban J connectivity index is 2.06. The lowest BCUT2D eigenvalue weighted by Crippen LogP contribution is -2.26. The molecule has 0 atom stereocenters. The quantitative estimate of drug-likeness (QED) is 0.304. The van der Waals surface area contributed by atoms with Crippen molar-refractivity contribution in [1.82, 2.24) is 0 Å². The van der Waals surface area contributed by atoms with E-state index in [-0.39, 0.29) is 24.1 Å². The minimum absolute atomic E-state index is 0.0413. The van der Waals surface area contributed by atoms with Crippen LogP contribution in [0.2, 0.25) is 0 Å². The third-order valence-electron chi connectivity index (χ3n) is 5.09. The molecule has 31 heavy (non-hydrogen) atoms. The van der Waals surface area contributed by atoms with Crippen LogP contribution in [0.1, 0.15) is 19.4 Å². The first-order valence-electron chi connectivity index (χ1n) is 10.5. The topological polar surface area (TPSA) is 85.1 Å². The fraction of sp³-hybridized carbons (Fsp3) is 0.250. The van der Waals surface area contributed by atoms with E-state index in [9.17, 15) is 15.2 Å². The fourth-order valence-corrected chi connectivity index (χ4v) is 3.55. The Labute approximate surface area is 182 Å². The fourth-order valence-electron chi connectivity index (χ4n) is 3.55. The van der Waals surface area contributed by atoms with Gasteiger partial charge in [0.1, 0.15) is 11.5 Å². The number of non-ortho nitro benzene ring substituents is 1. The predicted octanol–water partition coefficient (Wildman–Crippen LogP) is 4.75. The van der Waals surface area contributed by atoms with E-state index in [2.05, 4.69) is 0 Å². The van der Waals surface area contributed by atoms with E-state index >= 15 is 0 Å². The molecule has 0 aliphatic carbocycles. The van der Waals surface area contributed by atoms with Gasteiger partial charge in [-0.2, -0.15) is 0 Å². The van der Waals surface area contributed by atoms with Crippen LogP contribution < -0.4 is 14.4 Å². The number of methoxy groups -OCH3 is 2. The summed E-state index contributed by atoms with van der Waals surface area (Å²) in [5, 5.41) is 22.1. The normalized spacial score (nSPS) is 11.5. The van der Waals surface area contributed by atoms with Crippen molar-refractivity contribution in [3.63, 3.8) is 0 Å². The second kappa shape index (κ2) is 9.95. The molecular formula is C24H26N2O5. The Bertz CT molecular complexity index is 1130. The largest absolute Gasteiger partial charge is 0.496 e. The second-order valence-electron chi connectivity index (χ2n) is 6.79. The first-order chi connectivity index (χ1) is 15.5. The smallest absolute Gasteiger partial charge is 0.277 e. The third-order valence-corrected chi connectivity index (χ3v) is 5.09. The molecule has 0 saturated carbocycles. The highest BCUT2D eigenvalue weighted by Gasteiger charge is 2.16. The average molecular weight is 423 g/mol. The molecule has 7 nitrogen and oxygen atoms in total. The van der Waals surface area contributed by atoms with Crippen LogP contribution >= 0.6 is 0 Å². The zero-order valence-electron chi connectivity index (χ0n) is 18.6. The van der Waals surface area contributed by atoms with Crippen molar-refractivity contribution >= 4 is 34.3 Å². The second-order valence-corrected chi connectivity index (χ2v) is 6.79. The van der Waals surface area contributed by atoms with Crippen LogP contribution in [0.15, 0.2) is 48.5 Å². The van der Waals surface area contributed by atoms with Crippen molar-refractivity contribution in [2.45, 2.75) is 6.90 Å². The third kappa shape index (κ3) is 4.62. The summed E-state index contributed by atoms with van der Waals surface area (Å²) in [6.07, 6.45) is 3.76. The Kier molecular flexibility index (Phi) is 6.64. The zero-order valence-corrected chi connectivity index (χ0v) is 17.6. The van der Waals surface area contributed by atoms with E-state index in [4.69, 9.17) is 10.8 Å². The van der Waals surface area contributed by atoms with Crippen LogP contribution in [0.4, 0.5) is 11.4 Å². The maximum absolute atomic E-state index is 11.4. The molecule has 3 aromatic rings. The standard InChI is InChI=1S/C24H26N2O5/c1-4-25(13-14-27)22-16-23(30-2)18(15-24(22)31-3)10-9-17-11-12-21(26(28)29)20-8-6-5-7-19(17)20/h5-12,15-16,27H,4,13-14H2,1-3H3/b10-9+/i1D. The Morgan fingerprint density at radius 3 is 2.42 bits per heavy atom. The number of nitro groups is 1. The zero-order chi connectivity index (χ0) is 23.1. The number of benzene rings is 3. The van der Waals surface area contributed by atoms with Crippen LogP contribution in [0.25, 0.3) is 22.9 Å². The molecule has 7 heteroatoms. The van der Waals surface area contributed by atoms with Crippen LogP contribution in [-0.4, -0.2) is 43.9 Å². The van der Waals surface area contributed by atoms with Gasteiger partial charge < -0.3 is 19.5 Å². The number of hydrogen-bond donors (Lipinski definition) is 1. The molecule has 1 N–H and O–H groups in total. The highest BCUT2D eigenvalue weighted by molar-refractivity contribution is 5.98. The highest BCUT2D eigenvalue weighted by atomic mass is 16.6. The van der Waals surface area contributed by atoms with Crippen molar-refractivity contribution in [1.29, 1.82) is 0 Å². The van der Waals surface area contributed by atoms with E-state index < -0.39 is 0 Å². The van der Waals surface area contributed by atoms with Gasteiger partial charge in [0.2, 0.25) is 0 Å². The van der Waals surface area contributed by atoms with Crippen LogP contribution in [0, 0.1) is 10.1 Å². The molecule has 3 rings (SSSR count). The lowest BCUT2D eigenvalue weighted by atomic mass is 10.0. The maximum Gasteiger partial charge on any atom is 0.277 e. The van der Waals surface area contributed by atoms with Crippen molar-refractivity contribution in [2.24, 2.45) is 0 Å². The van der Waals surface area contributed by atoms with Crippen LogP contribution in [0.3, 0.4) is 0 Å². The van der Waals surface area contributed by atoms with E-state index in [1.54, 1.807) is 32.4 Å². The summed E-state index contributed by atoms with van der Waals surface area (Å²) < 4.78 is 18.7. The number of aliphatic hydroxyl groups is 1. The Hall–Kier alpha value is -3.58. The molecule has 0 aliphatic heterocycles. The number of ether oxygens (including phenoxy) is 2. The van der Waals surface area contributed by atoms with Gasteiger partial charge in [-0.15, -0.1) is 0 Å². The number of likely N-dealkylation sites (N-methyl/N-ethyl adjacent to an activating group) is 1. The SMILES string of the molecule is [2H]CCN(CCO)c1cc(OC)c(/C=C/c2ccc([N+](=O)[O-])c3ccccc23)cc1OC. The maximum atomic E-state index is 11.4. The summed E-state index contributed by atoms with van der Waals surface area (Å²) in [6.45, 7) is 0.965. The molecule has 162 valence electrons. The number of fused-ring (bicyclic) bond motifs is 1. The van der Waals surface area contributed by atoms with Gasteiger partial charge in [-0.3, -0.25) is 10.1 Å². The molecule has 0 saturated heterocycles. The summed E-state index contributed by atoms with van der Waals surface area (Å²) in [6, 6.07) is 14.1. The number of hydrogen-bond acceptors (Lipinski definition) is 6. The molecule has 3 aromatic carbocycles. The summed E-state index contributed by atoms with van der Waals surface area (Å²) in [7, 11) is 3.14. The monoisotopic (exact) mass is 423 g/mol. The molecule has 0 spiro atoms. The average Bonchev–Trinajstić information content (AvgIpc) is 2.81.